The van der Waals surface area contributed by atoms with Gasteiger partial charge in [0.2, 0.25) is 5.91 Å². The van der Waals surface area contributed by atoms with Crippen molar-refractivity contribution >= 4 is 11.7 Å². The second-order valence-corrected chi connectivity index (χ2v) is 6.27. The number of ether oxygens (including phenoxy) is 1. The highest BCUT2D eigenvalue weighted by Gasteiger charge is 2.29. The first-order valence-corrected chi connectivity index (χ1v) is 8.98. The number of halogens is 3. The molecular weight excluding hydrogens is 371 g/mol. The van der Waals surface area contributed by atoms with Crippen molar-refractivity contribution in [3.63, 3.8) is 0 Å². The summed E-state index contributed by atoms with van der Waals surface area (Å²) in [5, 5.41) is 2.60. The normalized spacial score (nSPS) is 11.1. The Balaban J connectivity index is 1.76. The average Bonchev–Trinajstić information content (AvgIpc) is 2.69. The molecule has 1 N–H and O–H groups in total. The van der Waals surface area contributed by atoms with Crippen LogP contribution in [0.1, 0.15) is 47.7 Å². The van der Waals surface area contributed by atoms with E-state index in [-0.39, 0.29) is 31.1 Å². The molecule has 0 aliphatic heterocycles. The van der Waals surface area contributed by atoms with Crippen LogP contribution in [0.2, 0.25) is 0 Å². The molecule has 0 unspecified atom stereocenters. The van der Waals surface area contributed by atoms with Crippen molar-refractivity contribution in [2.75, 3.05) is 6.61 Å². The number of benzene rings is 2. The number of amides is 1. The number of Topliss-reactive ketones (excluding diaryl/α,β-unsaturated/α-hetero) is 1. The fourth-order valence-corrected chi connectivity index (χ4v) is 2.43. The third-order valence-electron chi connectivity index (χ3n) is 4.00. The molecule has 0 radical (unpaired) electrons. The summed E-state index contributed by atoms with van der Waals surface area (Å²) in [6, 6.07) is 11.3. The predicted octanol–water partition coefficient (Wildman–Crippen LogP) is 4.77. The highest BCUT2D eigenvalue weighted by molar-refractivity contribution is 5.98. The molecule has 2 aromatic carbocycles. The maximum absolute atomic E-state index is 12.5. The second kappa shape index (κ2) is 9.92. The minimum absolute atomic E-state index is 0.00749. The number of ketones is 1. The van der Waals surface area contributed by atoms with Gasteiger partial charge in [0, 0.05) is 24.9 Å². The molecule has 150 valence electrons. The highest BCUT2D eigenvalue weighted by atomic mass is 19.4. The Morgan fingerprint density at radius 2 is 1.61 bits per heavy atom. The van der Waals surface area contributed by atoms with Crippen LogP contribution in [0.3, 0.4) is 0 Å². The largest absolute Gasteiger partial charge is 0.494 e. The number of carbonyl (C=O) groups excluding carboxylic acids is 2. The maximum atomic E-state index is 12.5. The SMILES string of the molecule is CCCOc1ccc(C(=O)CCC(=O)NCc2ccc(C(F)(F)F)cc2)cc1. The topological polar surface area (TPSA) is 55.4 Å². The quantitative estimate of drug-likeness (QED) is 0.624. The zero-order chi connectivity index (χ0) is 20.6. The first kappa shape index (κ1) is 21.5. The lowest BCUT2D eigenvalue weighted by molar-refractivity contribution is -0.137. The van der Waals surface area contributed by atoms with Crippen LogP contribution in [0.4, 0.5) is 13.2 Å². The van der Waals surface area contributed by atoms with Crippen LogP contribution in [0, 0.1) is 0 Å². The third kappa shape index (κ3) is 6.72. The fraction of sp³-hybridized carbons (Fsp3) is 0.333. The van der Waals surface area contributed by atoms with Crippen LogP contribution in [-0.2, 0) is 17.5 Å². The smallest absolute Gasteiger partial charge is 0.416 e. The molecule has 4 nitrogen and oxygen atoms in total. The van der Waals surface area contributed by atoms with Crippen LogP contribution in [0.15, 0.2) is 48.5 Å². The van der Waals surface area contributed by atoms with Gasteiger partial charge in [0.25, 0.3) is 0 Å². The molecular formula is C21H22F3NO3. The summed E-state index contributed by atoms with van der Waals surface area (Å²) in [6.07, 6.45) is -3.44. The van der Waals surface area contributed by atoms with Gasteiger partial charge in [0.1, 0.15) is 5.75 Å². The minimum Gasteiger partial charge on any atom is -0.494 e. The van der Waals surface area contributed by atoms with Crippen LogP contribution in [-0.4, -0.2) is 18.3 Å². The molecule has 0 spiro atoms. The van der Waals surface area contributed by atoms with E-state index >= 15 is 0 Å². The van der Waals surface area contributed by atoms with Crippen molar-refractivity contribution in [2.24, 2.45) is 0 Å². The van der Waals surface area contributed by atoms with Gasteiger partial charge in [-0.2, -0.15) is 13.2 Å². The molecule has 2 rings (SSSR count). The molecule has 0 aliphatic rings. The van der Waals surface area contributed by atoms with Gasteiger partial charge in [0.15, 0.2) is 5.78 Å². The number of hydrogen-bond donors (Lipinski definition) is 1. The van der Waals surface area contributed by atoms with E-state index in [2.05, 4.69) is 5.32 Å². The number of hydrogen-bond acceptors (Lipinski definition) is 3. The highest BCUT2D eigenvalue weighted by Crippen LogP contribution is 2.29. The third-order valence-corrected chi connectivity index (χ3v) is 4.00. The molecule has 0 aromatic heterocycles. The zero-order valence-corrected chi connectivity index (χ0v) is 15.5. The summed E-state index contributed by atoms with van der Waals surface area (Å²) in [6.45, 7) is 2.71. The first-order chi connectivity index (χ1) is 13.3. The monoisotopic (exact) mass is 393 g/mol. The van der Waals surface area contributed by atoms with Gasteiger partial charge in [-0.25, -0.2) is 0 Å². The molecule has 0 atom stereocenters. The molecule has 0 bridgehead atoms. The molecule has 0 saturated carbocycles. The molecule has 28 heavy (non-hydrogen) atoms. The summed E-state index contributed by atoms with van der Waals surface area (Å²) in [5.74, 6) is 0.190. The number of nitrogens with one attached hydrogen (secondary N) is 1. The lowest BCUT2D eigenvalue weighted by Crippen LogP contribution is -2.23. The van der Waals surface area contributed by atoms with E-state index in [1.165, 1.54) is 12.1 Å². The zero-order valence-electron chi connectivity index (χ0n) is 15.5. The first-order valence-electron chi connectivity index (χ1n) is 8.98. The molecule has 1 amide bonds. The van der Waals surface area contributed by atoms with Crippen LogP contribution in [0.5, 0.6) is 5.75 Å². The second-order valence-electron chi connectivity index (χ2n) is 6.27. The average molecular weight is 393 g/mol. The van der Waals surface area contributed by atoms with Crippen molar-refractivity contribution < 1.29 is 27.5 Å². The van der Waals surface area contributed by atoms with Gasteiger partial charge < -0.3 is 10.1 Å². The van der Waals surface area contributed by atoms with Gasteiger partial charge in [-0.3, -0.25) is 9.59 Å². The lowest BCUT2D eigenvalue weighted by Gasteiger charge is -2.09. The van der Waals surface area contributed by atoms with E-state index in [0.29, 0.717) is 23.5 Å². The summed E-state index contributed by atoms with van der Waals surface area (Å²) < 4.78 is 43.0. The van der Waals surface area contributed by atoms with E-state index in [0.717, 1.165) is 18.6 Å². The number of alkyl halides is 3. The summed E-state index contributed by atoms with van der Waals surface area (Å²) in [7, 11) is 0. The number of carbonyl (C=O) groups is 2. The molecule has 2 aromatic rings. The van der Waals surface area contributed by atoms with E-state index in [1.807, 2.05) is 6.92 Å². The Kier molecular flexibility index (Phi) is 7.61. The summed E-state index contributed by atoms with van der Waals surface area (Å²) in [5.41, 5.74) is 0.314. The van der Waals surface area contributed by atoms with E-state index in [4.69, 9.17) is 4.74 Å². The Bertz CT molecular complexity index is 784. The minimum atomic E-state index is -4.39. The van der Waals surface area contributed by atoms with E-state index in [1.54, 1.807) is 24.3 Å². The lowest BCUT2D eigenvalue weighted by atomic mass is 10.1. The Morgan fingerprint density at radius 3 is 2.18 bits per heavy atom. The molecule has 7 heteroatoms. The molecule has 0 fully saturated rings. The fourth-order valence-electron chi connectivity index (χ4n) is 2.43. The van der Waals surface area contributed by atoms with Crippen LogP contribution in [0.25, 0.3) is 0 Å². The van der Waals surface area contributed by atoms with E-state index < -0.39 is 11.7 Å². The summed E-state index contributed by atoms with van der Waals surface area (Å²) in [4.78, 5) is 24.0. The Morgan fingerprint density at radius 1 is 0.964 bits per heavy atom. The number of rotatable bonds is 9. The van der Waals surface area contributed by atoms with Crippen molar-refractivity contribution in [3.05, 3.63) is 65.2 Å². The molecule has 0 aliphatic carbocycles. The van der Waals surface area contributed by atoms with Crippen molar-refractivity contribution in [2.45, 2.75) is 38.9 Å². The van der Waals surface area contributed by atoms with Crippen molar-refractivity contribution in [1.82, 2.24) is 5.32 Å². The Labute approximate surface area is 161 Å². The van der Waals surface area contributed by atoms with Gasteiger partial charge in [-0.05, 0) is 48.4 Å². The van der Waals surface area contributed by atoms with Gasteiger partial charge in [0.05, 0.1) is 12.2 Å². The van der Waals surface area contributed by atoms with Crippen LogP contribution < -0.4 is 10.1 Å². The van der Waals surface area contributed by atoms with Gasteiger partial charge in [-0.15, -0.1) is 0 Å². The van der Waals surface area contributed by atoms with E-state index in [9.17, 15) is 22.8 Å². The van der Waals surface area contributed by atoms with Crippen molar-refractivity contribution in [1.29, 1.82) is 0 Å². The molecule has 0 saturated heterocycles. The van der Waals surface area contributed by atoms with Gasteiger partial charge in [-0.1, -0.05) is 19.1 Å². The van der Waals surface area contributed by atoms with Gasteiger partial charge >= 0.3 is 6.18 Å². The predicted molar refractivity (Wildman–Crippen MR) is 99.1 cm³/mol. The summed E-state index contributed by atoms with van der Waals surface area (Å²) >= 11 is 0. The van der Waals surface area contributed by atoms with Crippen LogP contribution >= 0.6 is 0 Å². The van der Waals surface area contributed by atoms with Crippen molar-refractivity contribution in [3.8, 4) is 5.75 Å². The molecule has 0 heterocycles. The standard InChI is InChI=1S/C21H22F3NO3/c1-2-13-28-18-9-5-16(6-10-18)19(26)11-12-20(27)25-14-15-3-7-17(8-4-15)21(22,23)24/h3-10H,2,11-14H2,1H3,(H,25,27). The Hall–Kier alpha value is -2.83. The maximum Gasteiger partial charge on any atom is 0.416 e.